The van der Waals surface area contributed by atoms with Crippen LogP contribution in [-0.4, -0.2) is 22.1 Å². The lowest BCUT2D eigenvalue weighted by molar-refractivity contribution is -0.123. The highest BCUT2D eigenvalue weighted by Crippen LogP contribution is 2.16. The first-order chi connectivity index (χ1) is 12.1. The molecule has 1 aromatic heterocycles. The van der Waals surface area contributed by atoms with E-state index in [0.29, 0.717) is 5.75 Å². The van der Waals surface area contributed by atoms with Gasteiger partial charge in [-0.3, -0.25) is 4.79 Å². The minimum atomic E-state index is -0.399. The molecule has 0 aliphatic carbocycles. The second-order valence-electron chi connectivity index (χ2n) is 5.60. The number of hydrogen-bond donors (Lipinski definition) is 1. The number of carbonyl (C=O) groups is 1. The van der Waals surface area contributed by atoms with Gasteiger partial charge in [-0.15, -0.1) is 0 Å². The Labute approximate surface area is 145 Å². The fourth-order valence-electron chi connectivity index (χ4n) is 2.42. The van der Waals surface area contributed by atoms with Gasteiger partial charge in [-0.05, 0) is 36.8 Å². The SMILES string of the molecule is CC(NC(=O)COc1cccc(F)c1)c1ccc(-n2ccnc2)cc1. The molecular weight excluding hydrogens is 321 g/mol. The molecule has 0 bridgehead atoms. The first kappa shape index (κ1) is 16.7. The summed E-state index contributed by atoms with van der Waals surface area (Å²) in [6, 6.07) is 13.4. The van der Waals surface area contributed by atoms with Gasteiger partial charge >= 0.3 is 0 Å². The zero-order valence-corrected chi connectivity index (χ0v) is 13.7. The molecule has 1 amide bonds. The van der Waals surface area contributed by atoms with Crippen LogP contribution in [0, 0.1) is 5.82 Å². The van der Waals surface area contributed by atoms with Gasteiger partial charge in [0, 0.05) is 24.1 Å². The van der Waals surface area contributed by atoms with Gasteiger partial charge in [0.2, 0.25) is 0 Å². The van der Waals surface area contributed by atoms with Crippen LogP contribution in [0.5, 0.6) is 5.75 Å². The highest BCUT2D eigenvalue weighted by atomic mass is 19.1. The van der Waals surface area contributed by atoms with Gasteiger partial charge < -0.3 is 14.6 Å². The minimum Gasteiger partial charge on any atom is -0.484 e. The zero-order valence-electron chi connectivity index (χ0n) is 13.7. The van der Waals surface area contributed by atoms with E-state index in [2.05, 4.69) is 10.3 Å². The van der Waals surface area contributed by atoms with Crippen LogP contribution < -0.4 is 10.1 Å². The molecule has 25 heavy (non-hydrogen) atoms. The Bertz CT molecular complexity index is 832. The summed E-state index contributed by atoms with van der Waals surface area (Å²) >= 11 is 0. The number of nitrogens with one attached hydrogen (secondary N) is 1. The van der Waals surface area contributed by atoms with Gasteiger partial charge in [-0.25, -0.2) is 9.37 Å². The lowest BCUT2D eigenvalue weighted by Crippen LogP contribution is -2.31. The molecule has 2 aromatic carbocycles. The van der Waals surface area contributed by atoms with Crippen molar-refractivity contribution in [1.82, 2.24) is 14.9 Å². The average Bonchev–Trinajstić information content (AvgIpc) is 3.15. The van der Waals surface area contributed by atoms with Crippen LogP contribution >= 0.6 is 0 Å². The third-order valence-electron chi connectivity index (χ3n) is 3.74. The first-order valence-corrected chi connectivity index (χ1v) is 7.88. The summed E-state index contributed by atoms with van der Waals surface area (Å²) in [5.74, 6) is -0.341. The lowest BCUT2D eigenvalue weighted by Gasteiger charge is -2.15. The fourth-order valence-corrected chi connectivity index (χ4v) is 2.42. The number of nitrogens with zero attached hydrogens (tertiary/aromatic N) is 2. The fraction of sp³-hybridized carbons (Fsp3) is 0.158. The van der Waals surface area contributed by atoms with Crippen molar-refractivity contribution in [2.24, 2.45) is 0 Å². The second kappa shape index (κ2) is 7.61. The summed E-state index contributed by atoms with van der Waals surface area (Å²) < 4.78 is 20.3. The quantitative estimate of drug-likeness (QED) is 0.750. The molecular formula is C19H18FN3O2. The van der Waals surface area contributed by atoms with E-state index in [1.54, 1.807) is 18.6 Å². The maximum absolute atomic E-state index is 13.1. The van der Waals surface area contributed by atoms with E-state index in [9.17, 15) is 9.18 Å². The highest BCUT2D eigenvalue weighted by Gasteiger charge is 2.10. The number of carbonyl (C=O) groups excluding carboxylic acids is 1. The van der Waals surface area contributed by atoms with Gasteiger partial charge in [0.1, 0.15) is 11.6 Å². The predicted octanol–water partition coefficient (Wildman–Crippen LogP) is 3.27. The molecule has 0 spiro atoms. The van der Waals surface area contributed by atoms with Gasteiger partial charge in [-0.1, -0.05) is 18.2 Å². The smallest absolute Gasteiger partial charge is 0.258 e. The van der Waals surface area contributed by atoms with Crippen molar-refractivity contribution in [3.63, 3.8) is 0 Å². The van der Waals surface area contributed by atoms with E-state index in [1.807, 2.05) is 42.0 Å². The molecule has 0 aliphatic rings. The molecule has 0 aliphatic heterocycles. The molecule has 1 N–H and O–H groups in total. The Morgan fingerprint density at radius 2 is 2.08 bits per heavy atom. The van der Waals surface area contributed by atoms with Crippen LogP contribution in [0.2, 0.25) is 0 Å². The minimum absolute atomic E-state index is 0.166. The second-order valence-corrected chi connectivity index (χ2v) is 5.60. The number of amides is 1. The van der Waals surface area contributed by atoms with E-state index in [4.69, 9.17) is 4.74 Å². The van der Waals surface area contributed by atoms with Crippen molar-refractivity contribution < 1.29 is 13.9 Å². The van der Waals surface area contributed by atoms with E-state index in [-0.39, 0.29) is 18.6 Å². The lowest BCUT2D eigenvalue weighted by atomic mass is 10.1. The van der Waals surface area contributed by atoms with E-state index < -0.39 is 5.82 Å². The van der Waals surface area contributed by atoms with Crippen molar-refractivity contribution in [3.05, 3.63) is 78.6 Å². The van der Waals surface area contributed by atoms with Crippen molar-refractivity contribution in [2.45, 2.75) is 13.0 Å². The van der Waals surface area contributed by atoms with E-state index in [1.165, 1.54) is 18.2 Å². The Balaban J connectivity index is 1.54. The van der Waals surface area contributed by atoms with Gasteiger partial charge in [0.05, 0.1) is 12.4 Å². The van der Waals surface area contributed by atoms with Crippen LogP contribution in [0.3, 0.4) is 0 Å². The van der Waals surface area contributed by atoms with Crippen LogP contribution in [0.1, 0.15) is 18.5 Å². The van der Waals surface area contributed by atoms with Crippen molar-refractivity contribution in [2.75, 3.05) is 6.61 Å². The number of ether oxygens (including phenoxy) is 1. The maximum Gasteiger partial charge on any atom is 0.258 e. The summed E-state index contributed by atoms with van der Waals surface area (Å²) in [4.78, 5) is 16.0. The summed E-state index contributed by atoms with van der Waals surface area (Å²) in [5, 5.41) is 2.86. The topological polar surface area (TPSA) is 56.1 Å². The summed E-state index contributed by atoms with van der Waals surface area (Å²) in [7, 11) is 0. The Morgan fingerprint density at radius 3 is 2.76 bits per heavy atom. The maximum atomic E-state index is 13.1. The Hall–Kier alpha value is -3.15. The average molecular weight is 339 g/mol. The predicted molar refractivity (Wildman–Crippen MR) is 92.0 cm³/mol. The molecule has 3 aromatic rings. The van der Waals surface area contributed by atoms with Crippen LogP contribution in [0.25, 0.3) is 5.69 Å². The van der Waals surface area contributed by atoms with Crippen molar-refractivity contribution >= 4 is 5.91 Å². The molecule has 0 saturated heterocycles. The standard InChI is InChI=1S/C19H18FN3O2/c1-14(15-5-7-17(8-6-15)23-10-9-21-13-23)22-19(24)12-25-18-4-2-3-16(20)11-18/h2-11,13-14H,12H2,1H3,(H,22,24). The number of hydrogen-bond acceptors (Lipinski definition) is 3. The van der Waals surface area contributed by atoms with Gasteiger partial charge in [0.25, 0.3) is 5.91 Å². The molecule has 0 radical (unpaired) electrons. The van der Waals surface area contributed by atoms with Crippen LogP contribution in [0.4, 0.5) is 4.39 Å². The van der Waals surface area contributed by atoms with E-state index in [0.717, 1.165) is 11.3 Å². The van der Waals surface area contributed by atoms with Crippen molar-refractivity contribution in [1.29, 1.82) is 0 Å². The monoisotopic (exact) mass is 339 g/mol. The van der Waals surface area contributed by atoms with Crippen LogP contribution in [-0.2, 0) is 4.79 Å². The largest absolute Gasteiger partial charge is 0.484 e. The molecule has 128 valence electrons. The Kier molecular flexibility index (Phi) is 5.09. The first-order valence-electron chi connectivity index (χ1n) is 7.88. The highest BCUT2D eigenvalue weighted by molar-refractivity contribution is 5.78. The molecule has 1 heterocycles. The molecule has 0 saturated carbocycles. The zero-order chi connectivity index (χ0) is 17.6. The number of aromatic nitrogens is 2. The summed E-state index contributed by atoms with van der Waals surface area (Å²) in [5.41, 5.74) is 1.97. The summed E-state index contributed by atoms with van der Waals surface area (Å²) in [6.45, 7) is 1.73. The number of rotatable bonds is 6. The molecule has 5 nitrogen and oxygen atoms in total. The molecule has 0 fully saturated rings. The molecule has 1 atom stereocenters. The summed E-state index contributed by atoms with van der Waals surface area (Å²) in [6.07, 6.45) is 5.31. The van der Waals surface area contributed by atoms with E-state index >= 15 is 0 Å². The number of imidazole rings is 1. The molecule has 6 heteroatoms. The molecule has 3 rings (SSSR count). The third kappa shape index (κ3) is 4.44. The molecule has 1 unspecified atom stereocenters. The number of halogens is 1. The normalized spacial score (nSPS) is 11.8. The van der Waals surface area contributed by atoms with Crippen LogP contribution in [0.15, 0.2) is 67.3 Å². The third-order valence-corrected chi connectivity index (χ3v) is 3.74. The number of benzene rings is 2. The van der Waals surface area contributed by atoms with Gasteiger partial charge in [0.15, 0.2) is 6.61 Å². The van der Waals surface area contributed by atoms with Crippen molar-refractivity contribution in [3.8, 4) is 11.4 Å². The Morgan fingerprint density at radius 1 is 1.28 bits per heavy atom. The van der Waals surface area contributed by atoms with Gasteiger partial charge in [-0.2, -0.15) is 0 Å².